The first-order chi connectivity index (χ1) is 7.92. The monoisotopic (exact) mass is 249 g/mol. The van der Waals surface area contributed by atoms with Crippen LogP contribution in [-0.2, 0) is 0 Å². The van der Waals surface area contributed by atoms with Crippen LogP contribution < -0.4 is 10.2 Å². The molecular formula is C14H23NOSi. The van der Waals surface area contributed by atoms with Crippen LogP contribution in [0.2, 0.25) is 19.6 Å². The zero-order chi connectivity index (χ0) is 12.9. The van der Waals surface area contributed by atoms with Gasteiger partial charge in [-0.2, -0.15) is 0 Å². The predicted octanol–water partition coefficient (Wildman–Crippen LogP) is 3.87. The van der Waals surface area contributed by atoms with Crippen molar-refractivity contribution in [3.63, 3.8) is 0 Å². The first-order valence-electron chi connectivity index (χ1n) is 6.08. The largest absolute Gasteiger partial charge is 0.544 e. The minimum Gasteiger partial charge on any atom is -0.544 e. The quantitative estimate of drug-likeness (QED) is 0.613. The molecule has 0 fully saturated rings. The normalized spacial score (nSPS) is 13.2. The average Bonchev–Trinajstić information content (AvgIpc) is 2.24. The average molecular weight is 249 g/mol. The van der Waals surface area contributed by atoms with Gasteiger partial charge in [0.25, 0.3) is 0 Å². The number of benzene rings is 1. The molecule has 0 spiro atoms. The molecule has 0 saturated heterocycles. The summed E-state index contributed by atoms with van der Waals surface area (Å²) in [5, 5.41) is 0. The van der Waals surface area contributed by atoms with Gasteiger partial charge in [0.05, 0.1) is 0 Å². The lowest BCUT2D eigenvalue weighted by atomic mass is 10.0. The Balaban J connectivity index is 2.64. The molecular weight excluding hydrogens is 226 g/mol. The highest BCUT2D eigenvalue weighted by Gasteiger charge is 2.16. The van der Waals surface area contributed by atoms with Gasteiger partial charge in [-0.05, 0) is 50.2 Å². The molecule has 3 heteroatoms. The molecule has 0 radical (unpaired) electrons. The molecule has 0 aliphatic rings. The summed E-state index contributed by atoms with van der Waals surface area (Å²) in [6.07, 6.45) is 3.80. The molecule has 0 bridgehead atoms. The van der Waals surface area contributed by atoms with Crippen LogP contribution in [0.1, 0.15) is 24.4 Å². The van der Waals surface area contributed by atoms with Crippen LogP contribution in [0, 0.1) is 0 Å². The number of allylic oxidation sites excluding steroid dienone is 1. The molecule has 1 aromatic carbocycles. The lowest BCUT2D eigenvalue weighted by molar-refractivity contribution is 0.556. The lowest BCUT2D eigenvalue weighted by Crippen LogP contribution is -2.29. The van der Waals surface area contributed by atoms with E-state index in [4.69, 9.17) is 10.2 Å². The van der Waals surface area contributed by atoms with Crippen molar-refractivity contribution in [2.24, 2.45) is 5.73 Å². The van der Waals surface area contributed by atoms with Gasteiger partial charge in [0.2, 0.25) is 8.32 Å². The Kier molecular flexibility index (Phi) is 4.96. The molecule has 0 aromatic heterocycles. The Labute approximate surface area is 106 Å². The molecule has 1 atom stereocenters. The summed E-state index contributed by atoms with van der Waals surface area (Å²) >= 11 is 0. The first kappa shape index (κ1) is 14.0. The topological polar surface area (TPSA) is 35.2 Å². The third kappa shape index (κ3) is 5.19. The summed E-state index contributed by atoms with van der Waals surface area (Å²) in [5.74, 6) is 0.948. The Morgan fingerprint density at radius 1 is 1.29 bits per heavy atom. The van der Waals surface area contributed by atoms with E-state index in [-0.39, 0.29) is 6.04 Å². The zero-order valence-electron chi connectivity index (χ0n) is 11.1. The Morgan fingerprint density at radius 2 is 1.88 bits per heavy atom. The molecule has 2 N–H and O–H groups in total. The highest BCUT2D eigenvalue weighted by molar-refractivity contribution is 6.70. The number of hydrogen-bond donors (Lipinski definition) is 1. The second-order valence-corrected chi connectivity index (χ2v) is 9.68. The van der Waals surface area contributed by atoms with Gasteiger partial charge in [-0.15, -0.1) is 6.58 Å². The molecule has 0 heterocycles. The van der Waals surface area contributed by atoms with Gasteiger partial charge >= 0.3 is 0 Å². The highest BCUT2D eigenvalue weighted by atomic mass is 28.4. The SMILES string of the molecule is C=CCC[C@H](N)c1ccc(O[Si](C)(C)C)cc1. The van der Waals surface area contributed by atoms with Crippen molar-refractivity contribution in [3.8, 4) is 5.75 Å². The van der Waals surface area contributed by atoms with Gasteiger partial charge in [0, 0.05) is 6.04 Å². The molecule has 2 nitrogen and oxygen atoms in total. The van der Waals surface area contributed by atoms with Crippen molar-refractivity contribution in [3.05, 3.63) is 42.5 Å². The van der Waals surface area contributed by atoms with Crippen LogP contribution in [0.3, 0.4) is 0 Å². The fourth-order valence-electron chi connectivity index (χ4n) is 1.60. The third-order valence-electron chi connectivity index (χ3n) is 2.41. The smallest absolute Gasteiger partial charge is 0.242 e. The summed E-state index contributed by atoms with van der Waals surface area (Å²) in [4.78, 5) is 0. The van der Waals surface area contributed by atoms with Crippen molar-refractivity contribution in [1.29, 1.82) is 0 Å². The van der Waals surface area contributed by atoms with Gasteiger partial charge in [-0.1, -0.05) is 18.2 Å². The van der Waals surface area contributed by atoms with Crippen LogP contribution in [0.5, 0.6) is 5.75 Å². The van der Waals surface area contributed by atoms with Crippen LogP contribution in [-0.4, -0.2) is 8.32 Å². The van der Waals surface area contributed by atoms with Gasteiger partial charge in [-0.3, -0.25) is 0 Å². The molecule has 0 saturated carbocycles. The summed E-state index contributed by atoms with van der Waals surface area (Å²) in [6.45, 7) is 10.2. The lowest BCUT2D eigenvalue weighted by Gasteiger charge is -2.19. The molecule has 0 aliphatic heterocycles. The van der Waals surface area contributed by atoms with Gasteiger partial charge < -0.3 is 10.2 Å². The van der Waals surface area contributed by atoms with E-state index in [9.17, 15) is 0 Å². The molecule has 0 aliphatic carbocycles. The second kappa shape index (κ2) is 6.03. The Hall–Kier alpha value is -1.06. The molecule has 17 heavy (non-hydrogen) atoms. The van der Waals surface area contributed by atoms with E-state index in [1.165, 1.54) is 0 Å². The van der Waals surface area contributed by atoms with Crippen molar-refractivity contribution >= 4 is 8.32 Å². The van der Waals surface area contributed by atoms with Gasteiger partial charge in [0.1, 0.15) is 5.75 Å². The molecule has 1 rings (SSSR count). The van der Waals surface area contributed by atoms with Gasteiger partial charge in [-0.25, -0.2) is 0 Å². The summed E-state index contributed by atoms with van der Waals surface area (Å²) in [5.41, 5.74) is 7.24. The van der Waals surface area contributed by atoms with Crippen LogP contribution >= 0.6 is 0 Å². The van der Waals surface area contributed by atoms with Crippen molar-refractivity contribution in [1.82, 2.24) is 0 Å². The van der Waals surface area contributed by atoms with E-state index < -0.39 is 8.32 Å². The number of hydrogen-bond acceptors (Lipinski definition) is 2. The van der Waals surface area contributed by atoms with Gasteiger partial charge in [0.15, 0.2) is 0 Å². The van der Waals surface area contributed by atoms with Crippen LogP contribution in [0.15, 0.2) is 36.9 Å². The van der Waals surface area contributed by atoms with Crippen molar-refractivity contribution in [2.75, 3.05) is 0 Å². The van der Waals surface area contributed by atoms with Crippen molar-refractivity contribution < 1.29 is 4.43 Å². The minimum atomic E-state index is -1.51. The summed E-state index contributed by atoms with van der Waals surface area (Å²) < 4.78 is 5.90. The summed E-state index contributed by atoms with van der Waals surface area (Å²) in [6, 6.07) is 8.24. The number of nitrogens with two attached hydrogens (primary N) is 1. The van der Waals surface area contributed by atoms with E-state index in [0.29, 0.717) is 0 Å². The highest BCUT2D eigenvalue weighted by Crippen LogP contribution is 2.21. The fraction of sp³-hybridized carbons (Fsp3) is 0.429. The Morgan fingerprint density at radius 3 is 2.35 bits per heavy atom. The maximum absolute atomic E-state index is 6.08. The van der Waals surface area contributed by atoms with E-state index in [2.05, 4.69) is 38.4 Å². The molecule has 0 unspecified atom stereocenters. The summed E-state index contributed by atoms with van der Waals surface area (Å²) in [7, 11) is -1.51. The van der Waals surface area contributed by atoms with Crippen molar-refractivity contribution in [2.45, 2.75) is 38.5 Å². The van der Waals surface area contributed by atoms with E-state index in [1.54, 1.807) is 0 Å². The van der Waals surface area contributed by atoms with E-state index >= 15 is 0 Å². The molecule has 1 aromatic rings. The van der Waals surface area contributed by atoms with E-state index in [1.807, 2.05) is 18.2 Å². The first-order valence-corrected chi connectivity index (χ1v) is 9.48. The maximum atomic E-state index is 6.08. The van der Waals surface area contributed by atoms with Crippen LogP contribution in [0.25, 0.3) is 0 Å². The number of rotatable bonds is 6. The minimum absolute atomic E-state index is 0.0916. The third-order valence-corrected chi connectivity index (χ3v) is 3.26. The molecule has 94 valence electrons. The van der Waals surface area contributed by atoms with Crippen LogP contribution in [0.4, 0.5) is 0 Å². The predicted molar refractivity (Wildman–Crippen MR) is 76.8 cm³/mol. The molecule has 0 amide bonds. The fourth-order valence-corrected chi connectivity index (χ4v) is 2.44. The maximum Gasteiger partial charge on any atom is 0.242 e. The van der Waals surface area contributed by atoms with E-state index in [0.717, 1.165) is 24.2 Å². The second-order valence-electron chi connectivity index (χ2n) is 5.26. The zero-order valence-corrected chi connectivity index (χ0v) is 12.1. The Bertz CT molecular complexity index is 353. The standard InChI is InChI=1S/C14H23NOSi/c1-5-6-7-14(15)12-8-10-13(11-9-12)16-17(2,3)4/h5,8-11,14H,1,6-7,15H2,2-4H3/t14-/m0/s1.